The first-order valence-electron chi connectivity index (χ1n) is 9.46. The molecule has 0 aliphatic carbocycles. The first-order chi connectivity index (χ1) is 13.7. The van der Waals surface area contributed by atoms with Gasteiger partial charge in [0.2, 0.25) is 0 Å². The normalized spacial score (nSPS) is 19.6. The van der Waals surface area contributed by atoms with E-state index in [1.165, 1.54) is 4.70 Å². The lowest BCUT2D eigenvalue weighted by atomic mass is 10.1. The van der Waals surface area contributed by atoms with E-state index in [2.05, 4.69) is 17.0 Å². The summed E-state index contributed by atoms with van der Waals surface area (Å²) in [5, 5.41) is 1.81. The van der Waals surface area contributed by atoms with Crippen LogP contribution in [0.4, 0.5) is 0 Å². The van der Waals surface area contributed by atoms with Crippen molar-refractivity contribution < 1.29 is 9.53 Å². The number of para-hydroxylation sites is 1. The predicted octanol–water partition coefficient (Wildman–Crippen LogP) is 3.60. The fourth-order valence-corrected chi connectivity index (χ4v) is 5.07. The van der Waals surface area contributed by atoms with Crippen molar-refractivity contribution >= 4 is 39.1 Å². The van der Waals surface area contributed by atoms with Gasteiger partial charge in [0.1, 0.15) is 10.8 Å². The van der Waals surface area contributed by atoms with Crippen LogP contribution in [0.1, 0.15) is 10.6 Å². The highest BCUT2D eigenvalue weighted by Gasteiger charge is 2.34. The van der Waals surface area contributed by atoms with Crippen LogP contribution in [-0.2, 0) is 17.8 Å². The van der Waals surface area contributed by atoms with Gasteiger partial charge in [0.25, 0.3) is 5.91 Å². The second kappa shape index (κ2) is 7.35. The van der Waals surface area contributed by atoms with Gasteiger partial charge in [-0.3, -0.25) is 9.69 Å². The highest BCUT2D eigenvalue weighted by molar-refractivity contribution is 7.18. The van der Waals surface area contributed by atoms with Crippen LogP contribution < -0.4 is 4.74 Å². The van der Waals surface area contributed by atoms with E-state index in [1.807, 2.05) is 29.2 Å². The summed E-state index contributed by atoms with van der Waals surface area (Å²) in [5.41, 5.74) is 2.08. The molecule has 0 spiro atoms. The molecule has 1 aromatic heterocycles. The fourth-order valence-electron chi connectivity index (χ4n) is 3.86. The van der Waals surface area contributed by atoms with Crippen LogP contribution in [0.2, 0.25) is 5.02 Å². The third kappa shape index (κ3) is 3.48. The molecule has 2 aliphatic heterocycles. The average Bonchev–Trinajstić information content (AvgIpc) is 3.31. The molecular weight excluding hydrogens is 394 g/mol. The Hall–Kier alpha value is -2.15. The van der Waals surface area contributed by atoms with Crippen LogP contribution in [0.3, 0.4) is 0 Å². The molecule has 2 aromatic carbocycles. The first-order valence-corrected chi connectivity index (χ1v) is 10.7. The number of amides is 1. The summed E-state index contributed by atoms with van der Waals surface area (Å²) in [6.45, 7) is 3.99. The molecule has 144 valence electrons. The largest absolute Gasteiger partial charge is 0.480 e. The van der Waals surface area contributed by atoms with E-state index < -0.39 is 6.10 Å². The lowest BCUT2D eigenvalue weighted by molar-refractivity contribution is -0.139. The number of fused-ring (bicyclic) bond motifs is 2. The van der Waals surface area contributed by atoms with Crippen molar-refractivity contribution in [2.45, 2.75) is 19.1 Å². The highest BCUT2D eigenvalue weighted by atomic mass is 35.5. The fraction of sp³-hybridized carbons (Fsp3) is 0.333. The zero-order chi connectivity index (χ0) is 19.1. The van der Waals surface area contributed by atoms with E-state index in [0.29, 0.717) is 11.4 Å². The van der Waals surface area contributed by atoms with Gasteiger partial charge in [-0.15, -0.1) is 11.3 Å². The molecule has 0 unspecified atom stereocenters. The minimum absolute atomic E-state index is 0.0759. The molecule has 0 N–H and O–H groups in total. The monoisotopic (exact) mass is 413 g/mol. The molecule has 1 fully saturated rings. The van der Waals surface area contributed by atoms with Crippen molar-refractivity contribution in [2.24, 2.45) is 0 Å². The van der Waals surface area contributed by atoms with Gasteiger partial charge in [-0.05, 0) is 35.9 Å². The molecule has 7 heteroatoms. The van der Waals surface area contributed by atoms with Crippen LogP contribution >= 0.6 is 22.9 Å². The number of thiazole rings is 1. The molecule has 0 bridgehead atoms. The third-order valence-corrected chi connectivity index (χ3v) is 6.61. The summed E-state index contributed by atoms with van der Waals surface area (Å²) in [5.74, 6) is 0.851. The highest BCUT2D eigenvalue weighted by Crippen LogP contribution is 2.32. The molecule has 1 atom stereocenters. The lowest BCUT2D eigenvalue weighted by Gasteiger charge is -2.35. The lowest BCUT2D eigenvalue weighted by Crippen LogP contribution is -2.51. The SMILES string of the molecule is O=C([C@H]1Cc2cc(Cl)ccc2O1)N1CCN(Cc2nc3ccccc3s2)CC1. The Balaban J connectivity index is 1.17. The molecule has 28 heavy (non-hydrogen) atoms. The predicted molar refractivity (Wildman–Crippen MR) is 111 cm³/mol. The van der Waals surface area contributed by atoms with Crippen molar-refractivity contribution in [2.75, 3.05) is 26.2 Å². The number of hydrogen-bond donors (Lipinski definition) is 0. The van der Waals surface area contributed by atoms with E-state index in [1.54, 1.807) is 17.4 Å². The van der Waals surface area contributed by atoms with Crippen LogP contribution in [0, 0.1) is 0 Å². The second-order valence-corrected chi connectivity index (χ2v) is 8.79. The Kier molecular flexibility index (Phi) is 4.70. The van der Waals surface area contributed by atoms with Gasteiger partial charge in [0, 0.05) is 37.6 Å². The molecule has 3 aromatic rings. The van der Waals surface area contributed by atoms with Crippen molar-refractivity contribution in [3.8, 4) is 5.75 Å². The van der Waals surface area contributed by atoms with Crippen LogP contribution in [0.25, 0.3) is 10.2 Å². The second-order valence-electron chi connectivity index (χ2n) is 7.24. The summed E-state index contributed by atoms with van der Waals surface area (Å²) in [6.07, 6.45) is 0.171. The molecule has 1 saturated heterocycles. The van der Waals surface area contributed by atoms with Gasteiger partial charge in [-0.2, -0.15) is 0 Å². The number of nitrogens with zero attached hydrogens (tertiary/aromatic N) is 3. The minimum atomic E-state index is -0.427. The summed E-state index contributed by atoms with van der Waals surface area (Å²) < 4.78 is 7.09. The Morgan fingerprint density at radius 3 is 2.82 bits per heavy atom. The number of carbonyl (C=O) groups is 1. The molecule has 0 saturated carbocycles. The maximum atomic E-state index is 12.9. The Bertz CT molecular complexity index is 996. The van der Waals surface area contributed by atoms with Gasteiger partial charge < -0.3 is 9.64 Å². The van der Waals surface area contributed by atoms with Gasteiger partial charge in [0.05, 0.1) is 16.8 Å². The zero-order valence-corrected chi connectivity index (χ0v) is 16.9. The van der Waals surface area contributed by atoms with Crippen molar-refractivity contribution in [1.29, 1.82) is 0 Å². The smallest absolute Gasteiger partial charge is 0.264 e. The minimum Gasteiger partial charge on any atom is -0.480 e. The standard InChI is InChI=1S/C21H20ClN3O2S/c22-15-5-6-17-14(11-15)12-18(27-17)21(26)25-9-7-24(8-10-25)13-20-23-16-3-1-2-4-19(16)28-20/h1-6,11,18H,7-10,12-13H2/t18-/m1/s1. The van der Waals surface area contributed by atoms with Crippen LogP contribution in [-0.4, -0.2) is 53.0 Å². The molecule has 2 aliphatic rings. The van der Waals surface area contributed by atoms with Crippen molar-refractivity contribution in [3.05, 3.63) is 58.1 Å². The first kappa shape index (κ1) is 17.9. The number of ether oxygens (including phenoxy) is 1. The Morgan fingerprint density at radius 2 is 2.00 bits per heavy atom. The van der Waals surface area contributed by atoms with Crippen LogP contribution in [0.5, 0.6) is 5.75 Å². The van der Waals surface area contributed by atoms with E-state index >= 15 is 0 Å². The van der Waals surface area contributed by atoms with Crippen molar-refractivity contribution in [3.63, 3.8) is 0 Å². The summed E-state index contributed by atoms with van der Waals surface area (Å²) in [6, 6.07) is 13.8. The maximum Gasteiger partial charge on any atom is 0.264 e. The summed E-state index contributed by atoms with van der Waals surface area (Å²) in [7, 11) is 0. The molecule has 5 rings (SSSR count). The number of halogens is 1. The number of hydrogen-bond acceptors (Lipinski definition) is 5. The molecule has 0 radical (unpaired) electrons. The molecule has 3 heterocycles. The van der Waals surface area contributed by atoms with E-state index in [4.69, 9.17) is 21.3 Å². The molecule has 1 amide bonds. The summed E-state index contributed by atoms with van der Waals surface area (Å²) >= 11 is 7.80. The van der Waals surface area contributed by atoms with Gasteiger partial charge in [-0.25, -0.2) is 4.98 Å². The van der Waals surface area contributed by atoms with Crippen LogP contribution in [0.15, 0.2) is 42.5 Å². The number of piperazine rings is 1. The van der Waals surface area contributed by atoms with E-state index in [0.717, 1.165) is 54.6 Å². The Labute approximate surface area is 172 Å². The molecular formula is C21H20ClN3O2S. The quantitative estimate of drug-likeness (QED) is 0.658. The molecule has 5 nitrogen and oxygen atoms in total. The zero-order valence-electron chi connectivity index (χ0n) is 15.3. The van der Waals surface area contributed by atoms with Gasteiger partial charge in [-0.1, -0.05) is 23.7 Å². The third-order valence-electron chi connectivity index (χ3n) is 5.35. The van der Waals surface area contributed by atoms with Crippen molar-refractivity contribution in [1.82, 2.24) is 14.8 Å². The van der Waals surface area contributed by atoms with Gasteiger partial charge >= 0.3 is 0 Å². The average molecular weight is 414 g/mol. The Morgan fingerprint density at radius 1 is 1.18 bits per heavy atom. The maximum absolute atomic E-state index is 12.9. The number of aromatic nitrogens is 1. The number of benzene rings is 2. The topological polar surface area (TPSA) is 45.7 Å². The number of carbonyl (C=O) groups excluding carboxylic acids is 1. The summed E-state index contributed by atoms with van der Waals surface area (Å²) in [4.78, 5) is 21.9. The van der Waals surface area contributed by atoms with Gasteiger partial charge in [0.15, 0.2) is 6.10 Å². The number of rotatable bonds is 3. The van der Waals surface area contributed by atoms with E-state index in [-0.39, 0.29) is 5.91 Å². The van der Waals surface area contributed by atoms with E-state index in [9.17, 15) is 4.79 Å².